The highest BCUT2D eigenvalue weighted by Crippen LogP contribution is 2.29. The van der Waals surface area contributed by atoms with E-state index in [1.165, 1.54) is 88.4 Å². The van der Waals surface area contributed by atoms with Crippen LogP contribution in [0.25, 0.3) is 0 Å². The predicted octanol–water partition coefficient (Wildman–Crippen LogP) is 7.94. The van der Waals surface area contributed by atoms with Crippen LogP contribution in [0.1, 0.15) is 129 Å². The van der Waals surface area contributed by atoms with Crippen molar-refractivity contribution >= 4 is 23.6 Å². The van der Waals surface area contributed by atoms with E-state index in [9.17, 15) is 24.6 Å². The van der Waals surface area contributed by atoms with E-state index in [2.05, 4.69) is 6.92 Å². The Balaban J connectivity index is 2.38. The van der Waals surface area contributed by atoms with Crippen LogP contribution < -0.4 is 14.4 Å². The molecule has 0 saturated carbocycles. The summed E-state index contributed by atoms with van der Waals surface area (Å²) < 4.78 is 11.7. The minimum absolute atomic E-state index is 0.0576. The Bertz CT molecular complexity index is 860. The van der Waals surface area contributed by atoms with Crippen molar-refractivity contribution < 1.29 is 39.2 Å². The number of carboxylic acids is 3. The Hall–Kier alpha value is -2.97. The van der Waals surface area contributed by atoms with Crippen molar-refractivity contribution in [3.8, 4) is 11.5 Å². The topological polar surface area (TPSA) is 134 Å². The van der Waals surface area contributed by atoms with Crippen LogP contribution in [0.2, 0.25) is 0 Å². The summed E-state index contributed by atoms with van der Waals surface area (Å²) in [5, 5.41) is 27.3. The zero-order valence-electron chi connectivity index (χ0n) is 25.8. The molecule has 0 heterocycles. The first kappa shape index (κ1) is 37.1. The molecule has 0 spiro atoms. The number of carbonyl (C=O) groups is 3. The number of benzene rings is 1. The predicted molar refractivity (Wildman–Crippen MR) is 166 cm³/mol. The van der Waals surface area contributed by atoms with Gasteiger partial charge in [-0.1, -0.05) is 103 Å². The van der Waals surface area contributed by atoms with Crippen molar-refractivity contribution in [3.63, 3.8) is 0 Å². The molecule has 1 rings (SSSR count). The molecule has 0 aliphatic heterocycles. The summed E-state index contributed by atoms with van der Waals surface area (Å²) in [6.07, 6.45) is 21.7. The molecule has 0 radical (unpaired) electrons. The van der Waals surface area contributed by atoms with Crippen LogP contribution >= 0.6 is 0 Å². The summed E-state index contributed by atoms with van der Waals surface area (Å²) in [6.45, 7) is 2.08. The largest absolute Gasteiger partial charge is 0.493 e. The van der Waals surface area contributed by atoms with Gasteiger partial charge < -0.3 is 29.7 Å². The summed E-state index contributed by atoms with van der Waals surface area (Å²) in [7, 11) is 0. The van der Waals surface area contributed by atoms with E-state index >= 15 is 0 Å². The third-order valence-corrected chi connectivity index (χ3v) is 7.20. The maximum Gasteiger partial charge on any atom is 0.323 e. The molecular formula is C33H55NO8. The molecule has 1 aromatic rings. The summed E-state index contributed by atoms with van der Waals surface area (Å²) in [4.78, 5) is 34.6. The molecule has 9 nitrogen and oxygen atoms in total. The zero-order chi connectivity index (χ0) is 30.8. The Kier molecular flexibility index (Phi) is 21.7. The molecule has 0 aliphatic carbocycles. The summed E-state index contributed by atoms with van der Waals surface area (Å²) in [5.74, 6) is -2.25. The van der Waals surface area contributed by atoms with Crippen LogP contribution in [0.5, 0.6) is 11.5 Å². The van der Waals surface area contributed by atoms with E-state index in [4.69, 9.17) is 14.6 Å². The van der Waals surface area contributed by atoms with Crippen molar-refractivity contribution in [3.05, 3.63) is 18.2 Å². The van der Waals surface area contributed by atoms with Gasteiger partial charge in [0.25, 0.3) is 0 Å². The maximum absolute atomic E-state index is 11.3. The molecule has 0 aromatic heterocycles. The number of unbranched alkanes of at least 4 members (excludes halogenated alkanes) is 16. The molecule has 3 N–H and O–H groups in total. The highest BCUT2D eigenvalue weighted by Gasteiger charge is 2.17. The van der Waals surface area contributed by atoms with Crippen LogP contribution in [-0.4, -0.2) is 59.5 Å². The number of anilines is 1. The first-order valence-electron chi connectivity index (χ1n) is 16.1. The lowest BCUT2D eigenvalue weighted by molar-refractivity contribution is -0.138. The smallest absolute Gasteiger partial charge is 0.323 e. The highest BCUT2D eigenvalue weighted by atomic mass is 16.5. The molecule has 0 aliphatic rings. The fourth-order valence-corrected chi connectivity index (χ4v) is 4.88. The van der Waals surface area contributed by atoms with Gasteiger partial charge in [0.15, 0.2) is 0 Å². The van der Waals surface area contributed by atoms with Gasteiger partial charge in [-0.3, -0.25) is 14.4 Å². The van der Waals surface area contributed by atoms with Gasteiger partial charge in [-0.2, -0.15) is 0 Å². The van der Waals surface area contributed by atoms with E-state index in [-0.39, 0.29) is 13.0 Å². The molecular weight excluding hydrogens is 538 g/mol. The number of carboxylic acid groups (broad SMARTS) is 3. The first-order chi connectivity index (χ1) is 20.3. The van der Waals surface area contributed by atoms with Crippen LogP contribution in [0.4, 0.5) is 5.69 Å². The summed E-state index contributed by atoms with van der Waals surface area (Å²) >= 11 is 0. The van der Waals surface area contributed by atoms with Crippen molar-refractivity contribution in [2.75, 3.05) is 31.2 Å². The van der Waals surface area contributed by atoms with Crippen LogP contribution in [-0.2, 0) is 14.4 Å². The number of aliphatic carboxylic acids is 3. The lowest BCUT2D eigenvalue weighted by Gasteiger charge is -2.22. The molecule has 240 valence electrons. The third-order valence-electron chi connectivity index (χ3n) is 7.20. The van der Waals surface area contributed by atoms with Gasteiger partial charge in [-0.05, 0) is 19.3 Å². The van der Waals surface area contributed by atoms with Crippen molar-refractivity contribution in [1.29, 1.82) is 0 Å². The molecule has 9 heteroatoms. The fourth-order valence-electron chi connectivity index (χ4n) is 4.88. The minimum atomic E-state index is -1.15. The SMILES string of the molecule is CCCCCCCCCCCCCCCCCCOc1cc(OCCCCC(=O)O)cc(N(CC(=O)O)CC(=O)O)c1. The van der Waals surface area contributed by atoms with Gasteiger partial charge in [0.05, 0.1) is 13.2 Å². The summed E-state index contributed by atoms with van der Waals surface area (Å²) in [6, 6.07) is 4.92. The molecule has 0 bridgehead atoms. The Morgan fingerprint density at radius 1 is 0.548 bits per heavy atom. The second-order valence-corrected chi connectivity index (χ2v) is 11.2. The average molecular weight is 594 g/mol. The van der Waals surface area contributed by atoms with Gasteiger partial charge in [0.2, 0.25) is 0 Å². The minimum Gasteiger partial charge on any atom is -0.493 e. The number of hydrogen-bond acceptors (Lipinski definition) is 6. The van der Waals surface area contributed by atoms with E-state index in [1.54, 1.807) is 18.2 Å². The maximum atomic E-state index is 11.3. The Morgan fingerprint density at radius 2 is 0.929 bits per heavy atom. The normalized spacial score (nSPS) is 10.9. The molecule has 0 unspecified atom stereocenters. The molecule has 0 atom stereocenters. The molecule has 0 amide bonds. The standard InChI is InChI=1S/C33H55NO8/c1-2-3-4-5-6-7-8-9-10-11-12-13-14-15-16-18-21-41-29-23-28(34(26-32(37)38)27-33(39)40)24-30(25-29)42-22-19-17-20-31(35)36/h23-25H,2-22,26-27H2,1H3,(H,35,36)(H,37,38)(H,39,40). The van der Waals surface area contributed by atoms with Crippen LogP contribution in [0.15, 0.2) is 18.2 Å². The molecule has 0 fully saturated rings. The Morgan fingerprint density at radius 3 is 1.31 bits per heavy atom. The second kappa shape index (κ2) is 24.6. The molecule has 1 aromatic carbocycles. The van der Waals surface area contributed by atoms with Crippen LogP contribution in [0.3, 0.4) is 0 Å². The van der Waals surface area contributed by atoms with Gasteiger partial charge >= 0.3 is 17.9 Å². The molecule has 42 heavy (non-hydrogen) atoms. The van der Waals surface area contributed by atoms with Crippen LogP contribution in [0, 0.1) is 0 Å². The van der Waals surface area contributed by atoms with E-state index in [0.717, 1.165) is 19.3 Å². The van der Waals surface area contributed by atoms with Gasteiger partial charge in [0.1, 0.15) is 24.6 Å². The van der Waals surface area contributed by atoms with Gasteiger partial charge in [-0.15, -0.1) is 0 Å². The van der Waals surface area contributed by atoms with E-state index < -0.39 is 31.0 Å². The van der Waals surface area contributed by atoms with Gasteiger partial charge in [0, 0.05) is 30.3 Å². The Labute approximate surface area is 252 Å². The quantitative estimate of drug-likeness (QED) is 0.0791. The van der Waals surface area contributed by atoms with Gasteiger partial charge in [-0.25, -0.2) is 0 Å². The summed E-state index contributed by atoms with van der Waals surface area (Å²) in [5.41, 5.74) is 0.379. The number of ether oxygens (including phenoxy) is 2. The third kappa shape index (κ3) is 20.8. The average Bonchev–Trinajstić information content (AvgIpc) is 2.93. The number of nitrogens with zero attached hydrogens (tertiary/aromatic N) is 1. The molecule has 0 saturated heterocycles. The second-order valence-electron chi connectivity index (χ2n) is 11.2. The zero-order valence-corrected chi connectivity index (χ0v) is 25.8. The van der Waals surface area contributed by atoms with Crippen molar-refractivity contribution in [1.82, 2.24) is 0 Å². The monoisotopic (exact) mass is 593 g/mol. The van der Waals surface area contributed by atoms with Crippen molar-refractivity contribution in [2.24, 2.45) is 0 Å². The van der Waals surface area contributed by atoms with Crippen molar-refractivity contribution in [2.45, 2.75) is 129 Å². The fraction of sp³-hybridized carbons (Fsp3) is 0.727. The lowest BCUT2D eigenvalue weighted by atomic mass is 10.0. The first-order valence-corrected chi connectivity index (χ1v) is 16.1. The van der Waals surface area contributed by atoms with E-state index in [0.29, 0.717) is 36.6 Å². The van der Waals surface area contributed by atoms with E-state index in [1.807, 2.05) is 0 Å². The highest BCUT2D eigenvalue weighted by molar-refractivity contribution is 5.80. The number of hydrogen-bond donors (Lipinski definition) is 3. The lowest BCUT2D eigenvalue weighted by Crippen LogP contribution is -2.34. The number of rotatable bonds is 29.